The number of carbonyl (C=O) groups excluding carboxylic acids is 1. The second kappa shape index (κ2) is 8.73. The number of hydrogen-bond donors (Lipinski definition) is 3. The van der Waals surface area contributed by atoms with Crippen molar-refractivity contribution in [2.75, 3.05) is 25.2 Å². The van der Waals surface area contributed by atoms with E-state index in [0.29, 0.717) is 17.9 Å². The van der Waals surface area contributed by atoms with Crippen LogP contribution in [0.25, 0.3) is 10.9 Å². The summed E-state index contributed by atoms with van der Waals surface area (Å²) < 4.78 is 5.16. The lowest BCUT2D eigenvalue weighted by Gasteiger charge is -2.04. The number of carboxylic acid groups (broad SMARTS) is 1. The lowest BCUT2D eigenvalue weighted by atomic mass is 10.1. The monoisotopic (exact) mass is 354 g/mol. The highest BCUT2D eigenvalue weighted by Gasteiger charge is 2.12. The molecule has 3 N–H and O–H groups in total. The van der Waals surface area contributed by atoms with Crippen LogP contribution in [0.1, 0.15) is 16.8 Å². The average Bonchev–Trinajstić information content (AvgIpc) is 2.96. The number of aromatic nitrogens is 1. The summed E-state index contributed by atoms with van der Waals surface area (Å²) in [5.41, 5.74) is 1.46. The van der Waals surface area contributed by atoms with E-state index in [9.17, 15) is 9.59 Å². The largest absolute Gasteiger partial charge is 0.497 e. The number of ether oxygens (including phenoxy) is 1. The van der Waals surface area contributed by atoms with Gasteiger partial charge in [0.25, 0.3) is 5.91 Å². The van der Waals surface area contributed by atoms with Gasteiger partial charge in [-0.25, -0.2) is 0 Å². The summed E-state index contributed by atoms with van der Waals surface area (Å²) in [6.07, 6.45) is 1.84. The number of H-pyrrole nitrogens is 1. The number of aromatic amines is 1. The SMILES string of the molecule is COc1ccc2c(C(=O)NCCSSCCC(=O)O)c[nH]c2c1. The number of rotatable bonds is 9. The number of amides is 1. The topological polar surface area (TPSA) is 91.4 Å². The fourth-order valence-electron chi connectivity index (χ4n) is 1.97. The summed E-state index contributed by atoms with van der Waals surface area (Å²) in [5, 5.41) is 12.2. The number of carboxylic acids is 1. The third-order valence-electron chi connectivity index (χ3n) is 3.09. The van der Waals surface area contributed by atoms with E-state index in [1.165, 1.54) is 10.8 Å². The molecule has 0 atom stereocenters. The molecule has 2 rings (SSSR count). The molecular weight excluding hydrogens is 336 g/mol. The third kappa shape index (κ3) is 5.11. The van der Waals surface area contributed by atoms with Crippen LogP contribution in [0.2, 0.25) is 0 Å². The van der Waals surface area contributed by atoms with Gasteiger partial charge in [0.05, 0.1) is 19.1 Å². The summed E-state index contributed by atoms with van der Waals surface area (Å²) in [6.45, 7) is 0.534. The Labute approximate surface area is 141 Å². The maximum atomic E-state index is 12.2. The Bertz CT molecular complexity index is 687. The van der Waals surface area contributed by atoms with Crippen molar-refractivity contribution in [2.24, 2.45) is 0 Å². The first-order valence-electron chi connectivity index (χ1n) is 7.01. The minimum absolute atomic E-state index is 0.127. The molecule has 0 aliphatic heterocycles. The van der Waals surface area contributed by atoms with E-state index in [1.807, 2.05) is 18.2 Å². The maximum absolute atomic E-state index is 12.2. The number of benzene rings is 1. The van der Waals surface area contributed by atoms with Crippen molar-refractivity contribution in [1.29, 1.82) is 0 Å². The highest BCUT2D eigenvalue weighted by Crippen LogP contribution is 2.23. The molecule has 0 saturated heterocycles. The van der Waals surface area contributed by atoms with E-state index in [-0.39, 0.29) is 12.3 Å². The number of methoxy groups -OCH3 is 1. The number of carbonyl (C=O) groups is 2. The second-order valence-electron chi connectivity index (χ2n) is 4.66. The van der Waals surface area contributed by atoms with E-state index in [1.54, 1.807) is 24.1 Å². The zero-order valence-electron chi connectivity index (χ0n) is 12.6. The molecule has 0 unspecified atom stereocenters. The lowest BCUT2D eigenvalue weighted by molar-refractivity contribution is -0.136. The molecular formula is C15H18N2O4S2. The Kier molecular flexibility index (Phi) is 6.66. The van der Waals surface area contributed by atoms with Gasteiger partial charge >= 0.3 is 5.97 Å². The van der Waals surface area contributed by atoms with Crippen LogP contribution in [0, 0.1) is 0 Å². The number of hydrogen-bond acceptors (Lipinski definition) is 5. The summed E-state index contributed by atoms with van der Waals surface area (Å²) >= 11 is 0. The van der Waals surface area contributed by atoms with E-state index >= 15 is 0 Å². The van der Waals surface area contributed by atoms with Crippen LogP contribution in [0.5, 0.6) is 5.75 Å². The van der Waals surface area contributed by atoms with Gasteiger partial charge < -0.3 is 20.1 Å². The van der Waals surface area contributed by atoms with Crippen LogP contribution >= 0.6 is 21.6 Å². The van der Waals surface area contributed by atoms with Crippen LogP contribution in [-0.2, 0) is 4.79 Å². The Hall–Kier alpha value is -1.80. The van der Waals surface area contributed by atoms with Crippen LogP contribution in [0.3, 0.4) is 0 Å². The lowest BCUT2D eigenvalue weighted by Crippen LogP contribution is -2.25. The normalized spacial score (nSPS) is 10.7. The molecule has 1 heterocycles. The molecule has 124 valence electrons. The molecule has 6 nitrogen and oxygen atoms in total. The molecule has 23 heavy (non-hydrogen) atoms. The van der Waals surface area contributed by atoms with E-state index in [2.05, 4.69) is 10.3 Å². The van der Waals surface area contributed by atoms with Crippen molar-refractivity contribution < 1.29 is 19.4 Å². The number of nitrogens with one attached hydrogen (secondary N) is 2. The second-order valence-corrected chi connectivity index (χ2v) is 7.36. The van der Waals surface area contributed by atoms with Gasteiger partial charge in [-0.1, -0.05) is 21.6 Å². The third-order valence-corrected chi connectivity index (χ3v) is 5.50. The Morgan fingerprint density at radius 2 is 2.09 bits per heavy atom. The Morgan fingerprint density at radius 3 is 2.83 bits per heavy atom. The van der Waals surface area contributed by atoms with Crippen molar-refractivity contribution in [3.8, 4) is 5.75 Å². The molecule has 8 heteroatoms. The van der Waals surface area contributed by atoms with Gasteiger partial charge in [0, 0.05) is 41.2 Å². The molecule has 0 radical (unpaired) electrons. The first kappa shape index (κ1) is 17.6. The highest BCUT2D eigenvalue weighted by molar-refractivity contribution is 8.76. The summed E-state index contributed by atoms with van der Waals surface area (Å²) in [5.74, 6) is 1.12. The summed E-state index contributed by atoms with van der Waals surface area (Å²) in [4.78, 5) is 25.6. The highest BCUT2D eigenvalue weighted by atomic mass is 33.1. The van der Waals surface area contributed by atoms with Crippen LogP contribution in [0.4, 0.5) is 0 Å². The maximum Gasteiger partial charge on any atom is 0.304 e. The van der Waals surface area contributed by atoms with Gasteiger partial charge in [0.15, 0.2) is 0 Å². The molecule has 1 amide bonds. The Balaban J connectivity index is 1.79. The first-order chi connectivity index (χ1) is 11.1. The summed E-state index contributed by atoms with van der Waals surface area (Å²) in [6, 6.07) is 5.53. The van der Waals surface area contributed by atoms with Crippen LogP contribution in [-0.4, -0.2) is 47.1 Å². The van der Waals surface area contributed by atoms with E-state index < -0.39 is 5.97 Å². The molecule has 0 aliphatic carbocycles. The van der Waals surface area contributed by atoms with Crippen molar-refractivity contribution in [3.05, 3.63) is 30.0 Å². The minimum Gasteiger partial charge on any atom is -0.497 e. The van der Waals surface area contributed by atoms with Gasteiger partial charge in [-0.2, -0.15) is 0 Å². The van der Waals surface area contributed by atoms with Crippen molar-refractivity contribution in [1.82, 2.24) is 10.3 Å². The van der Waals surface area contributed by atoms with Gasteiger partial charge in [-0.15, -0.1) is 0 Å². The standard InChI is InChI=1S/C15H18N2O4S2/c1-21-10-2-3-11-12(9-17-13(11)8-10)15(20)16-5-7-23-22-6-4-14(18)19/h2-3,8-9,17H,4-7H2,1H3,(H,16,20)(H,18,19). The quantitative estimate of drug-likeness (QED) is 0.474. The number of aliphatic carboxylic acids is 1. The molecule has 0 bridgehead atoms. The molecule has 1 aromatic heterocycles. The fourth-order valence-corrected chi connectivity index (χ4v) is 3.85. The van der Waals surface area contributed by atoms with Crippen molar-refractivity contribution >= 4 is 44.4 Å². The summed E-state index contributed by atoms with van der Waals surface area (Å²) in [7, 11) is 4.66. The predicted molar refractivity (Wildman–Crippen MR) is 94.4 cm³/mol. The average molecular weight is 354 g/mol. The Morgan fingerprint density at radius 1 is 1.30 bits per heavy atom. The van der Waals surface area contributed by atoms with Crippen LogP contribution < -0.4 is 10.1 Å². The molecule has 0 fully saturated rings. The zero-order chi connectivity index (χ0) is 16.7. The molecule has 2 aromatic rings. The van der Waals surface area contributed by atoms with Crippen molar-refractivity contribution in [3.63, 3.8) is 0 Å². The fraction of sp³-hybridized carbons (Fsp3) is 0.333. The molecule has 0 spiro atoms. The zero-order valence-corrected chi connectivity index (χ0v) is 14.3. The van der Waals surface area contributed by atoms with Gasteiger partial charge in [0.1, 0.15) is 5.75 Å². The van der Waals surface area contributed by atoms with Gasteiger partial charge in [-0.3, -0.25) is 9.59 Å². The molecule has 0 aliphatic rings. The predicted octanol–water partition coefficient (Wildman–Crippen LogP) is 2.76. The van der Waals surface area contributed by atoms with Gasteiger partial charge in [-0.05, 0) is 12.1 Å². The van der Waals surface area contributed by atoms with Crippen LogP contribution in [0.15, 0.2) is 24.4 Å². The van der Waals surface area contributed by atoms with Crippen molar-refractivity contribution in [2.45, 2.75) is 6.42 Å². The van der Waals surface area contributed by atoms with E-state index in [0.717, 1.165) is 22.4 Å². The number of fused-ring (bicyclic) bond motifs is 1. The first-order valence-corrected chi connectivity index (χ1v) is 9.50. The molecule has 0 saturated carbocycles. The minimum atomic E-state index is -0.789. The molecule has 1 aromatic carbocycles. The van der Waals surface area contributed by atoms with E-state index in [4.69, 9.17) is 9.84 Å². The van der Waals surface area contributed by atoms with Gasteiger partial charge in [0.2, 0.25) is 0 Å². The smallest absolute Gasteiger partial charge is 0.304 e.